The fourth-order valence-corrected chi connectivity index (χ4v) is 4.69. The number of nitrogens with one attached hydrogen (secondary N) is 1. The molecule has 2 aromatic carbocycles. The summed E-state index contributed by atoms with van der Waals surface area (Å²) in [6.07, 6.45) is -4.08. The Bertz CT molecular complexity index is 1560. The van der Waals surface area contributed by atoms with E-state index in [-0.39, 0.29) is 22.9 Å². The van der Waals surface area contributed by atoms with Crippen molar-refractivity contribution in [2.24, 2.45) is 0 Å². The number of carbonyl (C=O) groups is 1. The molecule has 2 heterocycles. The molecule has 1 aliphatic rings. The smallest absolute Gasteiger partial charge is 0.416 e. The van der Waals surface area contributed by atoms with Crippen molar-refractivity contribution in [3.63, 3.8) is 0 Å². The minimum absolute atomic E-state index is 0.0105. The normalized spacial score (nSPS) is 15.7. The standard InChI is InChI=1S/C27H27F3N6O3/c1-16-22(24(37)39-5)23(21-10-9-17(15-31)13-18(21)11-12-36(2,3)4)35-25(32-33-26(35)38)34(16)20-8-6-7-19(14-20)27(28,29)30/h6-10,13-14,23H,11-12H2,1-5H3/p+1/t23-/m1/s1. The van der Waals surface area contributed by atoms with Crippen molar-refractivity contribution in [2.75, 3.05) is 39.7 Å². The number of nitrogens with zero attached hydrogens (tertiary/aromatic N) is 5. The van der Waals surface area contributed by atoms with Gasteiger partial charge in [-0.1, -0.05) is 12.1 Å². The molecule has 0 spiro atoms. The van der Waals surface area contributed by atoms with Gasteiger partial charge in [-0.25, -0.2) is 19.3 Å². The molecule has 12 heteroatoms. The molecule has 1 atom stereocenters. The summed E-state index contributed by atoms with van der Waals surface area (Å²) >= 11 is 0. The quantitative estimate of drug-likeness (QED) is 0.375. The van der Waals surface area contributed by atoms with Crippen LogP contribution in [0.5, 0.6) is 0 Å². The zero-order valence-electron chi connectivity index (χ0n) is 22.1. The van der Waals surface area contributed by atoms with E-state index < -0.39 is 29.4 Å². The van der Waals surface area contributed by atoms with Gasteiger partial charge in [0.2, 0.25) is 5.95 Å². The van der Waals surface area contributed by atoms with Gasteiger partial charge in [-0.3, -0.25) is 4.90 Å². The first-order valence-corrected chi connectivity index (χ1v) is 12.0. The lowest BCUT2D eigenvalue weighted by Crippen LogP contribution is -2.39. The maximum atomic E-state index is 13.5. The number of likely N-dealkylation sites (N-methyl/N-ethyl adjacent to an activating group) is 1. The van der Waals surface area contributed by atoms with Crippen LogP contribution in [-0.2, 0) is 22.1 Å². The summed E-state index contributed by atoms with van der Waals surface area (Å²) in [4.78, 5) is 27.8. The van der Waals surface area contributed by atoms with E-state index in [2.05, 4.69) is 16.3 Å². The van der Waals surface area contributed by atoms with Crippen LogP contribution in [0.15, 0.2) is 58.5 Å². The van der Waals surface area contributed by atoms with Crippen LogP contribution < -0.4 is 10.6 Å². The Hall–Kier alpha value is -4.37. The van der Waals surface area contributed by atoms with Crippen molar-refractivity contribution in [3.8, 4) is 6.07 Å². The largest absolute Gasteiger partial charge is 0.466 e. The van der Waals surface area contributed by atoms with Crippen molar-refractivity contribution in [1.82, 2.24) is 14.8 Å². The van der Waals surface area contributed by atoms with E-state index in [9.17, 15) is 28.0 Å². The lowest BCUT2D eigenvalue weighted by atomic mass is 9.89. The lowest BCUT2D eigenvalue weighted by Gasteiger charge is -2.36. The SMILES string of the molecule is COC(=O)C1=C(C)N(c2cccc(C(F)(F)F)c2)c2n[nH]c(=O)n2[C@@H]1c1ccc(C#N)cc1CC[N+](C)(C)C. The highest BCUT2D eigenvalue weighted by molar-refractivity contribution is 5.93. The average Bonchev–Trinajstić information content (AvgIpc) is 3.26. The number of alkyl halides is 3. The number of benzene rings is 2. The number of fused-ring (bicyclic) bond motifs is 1. The van der Waals surface area contributed by atoms with Crippen LogP contribution in [0.25, 0.3) is 0 Å². The van der Waals surface area contributed by atoms with Gasteiger partial charge in [0, 0.05) is 17.8 Å². The number of ether oxygens (including phenoxy) is 1. The van der Waals surface area contributed by atoms with Crippen LogP contribution >= 0.6 is 0 Å². The van der Waals surface area contributed by atoms with Crippen molar-refractivity contribution in [2.45, 2.75) is 25.6 Å². The zero-order chi connectivity index (χ0) is 28.7. The monoisotopic (exact) mass is 541 g/mol. The Balaban J connectivity index is 2.00. The van der Waals surface area contributed by atoms with Crippen LogP contribution in [-0.4, -0.2) is 60.0 Å². The van der Waals surface area contributed by atoms with Gasteiger partial charge in [0.1, 0.15) is 6.04 Å². The molecule has 39 heavy (non-hydrogen) atoms. The number of hydrogen-bond donors (Lipinski definition) is 1. The summed E-state index contributed by atoms with van der Waals surface area (Å²) in [5.41, 5.74) is 0.547. The number of esters is 1. The summed E-state index contributed by atoms with van der Waals surface area (Å²) in [7, 11) is 7.25. The summed E-state index contributed by atoms with van der Waals surface area (Å²) in [5.74, 6) is -0.744. The highest BCUT2D eigenvalue weighted by Crippen LogP contribution is 2.43. The van der Waals surface area contributed by atoms with Crippen molar-refractivity contribution in [3.05, 3.63) is 86.5 Å². The van der Waals surface area contributed by atoms with Gasteiger partial charge < -0.3 is 9.22 Å². The van der Waals surface area contributed by atoms with Crippen molar-refractivity contribution in [1.29, 1.82) is 5.26 Å². The van der Waals surface area contributed by atoms with Crippen LogP contribution in [0, 0.1) is 11.3 Å². The number of methoxy groups -OCH3 is 1. The number of halogens is 3. The molecular formula is C27H28F3N6O3+. The molecule has 0 fully saturated rings. The third kappa shape index (κ3) is 5.31. The summed E-state index contributed by atoms with van der Waals surface area (Å²) < 4.78 is 47.6. The highest BCUT2D eigenvalue weighted by Gasteiger charge is 2.41. The maximum absolute atomic E-state index is 13.5. The molecule has 1 aliphatic heterocycles. The number of carbonyl (C=O) groups excluding carboxylic acids is 1. The number of H-pyrrole nitrogens is 1. The Morgan fingerprint density at radius 1 is 1.21 bits per heavy atom. The van der Waals surface area contributed by atoms with Gasteiger partial charge in [-0.15, -0.1) is 5.10 Å². The average molecular weight is 542 g/mol. The van der Waals surface area contributed by atoms with Crippen LogP contribution in [0.1, 0.15) is 35.2 Å². The van der Waals surface area contributed by atoms with Crippen LogP contribution in [0.2, 0.25) is 0 Å². The number of hydrogen-bond acceptors (Lipinski definition) is 6. The first kappa shape index (κ1) is 27.7. The molecule has 1 N–H and O–H groups in total. The van der Waals surface area contributed by atoms with Crippen molar-refractivity contribution < 1.29 is 27.2 Å². The van der Waals surface area contributed by atoms with Crippen LogP contribution in [0.3, 0.4) is 0 Å². The molecule has 0 saturated carbocycles. The fraction of sp³-hybridized carbons (Fsp3) is 0.333. The predicted molar refractivity (Wildman–Crippen MR) is 137 cm³/mol. The molecule has 1 aromatic heterocycles. The number of rotatable bonds is 6. The van der Waals surface area contributed by atoms with Gasteiger partial charge in [-0.05, 0) is 48.4 Å². The maximum Gasteiger partial charge on any atom is 0.416 e. The van der Waals surface area contributed by atoms with E-state index in [1.54, 1.807) is 25.1 Å². The summed E-state index contributed by atoms with van der Waals surface area (Å²) in [5, 5.41) is 16.0. The van der Waals surface area contributed by atoms with E-state index in [0.29, 0.717) is 28.6 Å². The van der Waals surface area contributed by atoms with Gasteiger partial charge in [0.15, 0.2) is 0 Å². The number of anilines is 2. The van der Waals surface area contributed by atoms with E-state index in [1.165, 1.54) is 28.7 Å². The van der Waals surface area contributed by atoms with Crippen molar-refractivity contribution >= 4 is 17.6 Å². The third-order valence-corrected chi connectivity index (χ3v) is 6.60. The van der Waals surface area contributed by atoms with E-state index in [0.717, 1.165) is 17.7 Å². The molecular weight excluding hydrogens is 513 g/mol. The van der Waals surface area contributed by atoms with Gasteiger partial charge in [0.25, 0.3) is 0 Å². The number of aromatic nitrogens is 3. The minimum Gasteiger partial charge on any atom is -0.466 e. The number of quaternary nitrogens is 1. The topological polar surface area (TPSA) is 104 Å². The number of allylic oxidation sites excluding steroid dienone is 1. The van der Waals surface area contributed by atoms with E-state index in [1.807, 2.05) is 21.1 Å². The molecule has 204 valence electrons. The second-order valence-corrected chi connectivity index (χ2v) is 10.3. The Morgan fingerprint density at radius 3 is 2.54 bits per heavy atom. The Morgan fingerprint density at radius 2 is 1.92 bits per heavy atom. The Labute approximate surface area is 222 Å². The first-order chi connectivity index (χ1) is 18.3. The van der Waals surface area contributed by atoms with Gasteiger partial charge in [-0.2, -0.15) is 18.4 Å². The molecule has 4 rings (SSSR count). The fourth-order valence-electron chi connectivity index (χ4n) is 4.69. The van der Waals surface area contributed by atoms with Gasteiger partial charge in [0.05, 0.1) is 57.6 Å². The first-order valence-electron chi connectivity index (χ1n) is 12.0. The molecule has 0 saturated heterocycles. The van der Waals surface area contributed by atoms with E-state index in [4.69, 9.17) is 4.74 Å². The lowest BCUT2D eigenvalue weighted by molar-refractivity contribution is -0.870. The highest BCUT2D eigenvalue weighted by atomic mass is 19.4. The zero-order valence-corrected chi connectivity index (χ0v) is 22.1. The van der Waals surface area contributed by atoms with Gasteiger partial charge >= 0.3 is 17.8 Å². The molecule has 9 nitrogen and oxygen atoms in total. The second kappa shape index (κ2) is 10.1. The van der Waals surface area contributed by atoms with Crippen LogP contribution in [0.4, 0.5) is 24.8 Å². The number of nitriles is 1. The number of aromatic amines is 1. The summed E-state index contributed by atoms with van der Waals surface area (Å²) in [6.45, 7) is 2.26. The molecule has 0 radical (unpaired) electrons. The summed E-state index contributed by atoms with van der Waals surface area (Å²) in [6, 6.07) is 10.7. The molecule has 0 aliphatic carbocycles. The predicted octanol–water partition coefficient (Wildman–Crippen LogP) is 3.90. The Kier molecular flexibility index (Phi) is 7.14. The second-order valence-electron chi connectivity index (χ2n) is 10.3. The molecule has 3 aromatic rings. The molecule has 0 unspecified atom stereocenters. The molecule has 0 amide bonds. The van der Waals surface area contributed by atoms with E-state index >= 15 is 0 Å². The third-order valence-electron chi connectivity index (χ3n) is 6.60. The molecule has 0 bridgehead atoms. The minimum atomic E-state index is -4.61.